The van der Waals surface area contributed by atoms with Crippen LogP contribution in [0.15, 0.2) is 75.9 Å². The first-order chi connectivity index (χ1) is 17.2. The monoisotopic (exact) mass is 493 g/mol. The van der Waals surface area contributed by atoms with Crippen LogP contribution < -0.4 is 15.6 Å². The molecule has 0 bridgehead atoms. The number of carbonyl (C=O) groups is 2. The fraction of sp³-hybridized carbons (Fsp3) is 0.192. The quantitative estimate of drug-likeness (QED) is 0.373. The Morgan fingerprint density at radius 1 is 1.06 bits per heavy atom. The maximum atomic E-state index is 13.0. The van der Waals surface area contributed by atoms with Crippen LogP contribution in [0.5, 0.6) is 5.75 Å². The van der Waals surface area contributed by atoms with Gasteiger partial charge in [0, 0.05) is 7.05 Å². The summed E-state index contributed by atoms with van der Waals surface area (Å²) in [5.74, 6) is -1.24. The van der Waals surface area contributed by atoms with Gasteiger partial charge in [-0.15, -0.1) is 0 Å². The Labute approximate surface area is 205 Å². The van der Waals surface area contributed by atoms with E-state index in [1.165, 1.54) is 48.0 Å². The molecule has 1 unspecified atom stereocenters. The number of carbonyl (C=O) groups excluding carboxylic acids is 2. The normalized spacial score (nSPS) is 11.7. The van der Waals surface area contributed by atoms with Crippen molar-refractivity contribution in [2.75, 3.05) is 5.32 Å². The topological polar surface area (TPSA) is 105 Å². The van der Waals surface area contributed by atoms with Crippen LogP contribution in [0, 0.1) is 12.7 Å². The number of aromatic nitrogens is 2. The fourth-order valence-electron chi connectivity index (χ4n) is 3.46. The van der Waals surface area contributed by atoms with Gasteiger partial charge in [0.15, 0.2) is 6.10 Å². The zero-order valence-electron chi connectivity index (χ0n) is 19.9. The van der Waals surface area contributed by atoms with E-state index in [2.05, 4.69) is 5.32 Å². The van der Waals surface area contributed by atoms with Crippen molar-refractivity contribution in [3.8, 4) is 11.4 Å². The average Bonchev–Trinajstić information content (AvgIpc) is 3.43. The summed E-state index contributed by atoms with van der Waals surface area (Å²) in [5.41, 5.74) is 0.857. The second-order valence-corrected chi connectivity index (χ2v) is 7.98. The number of furan rings is 1. The number of anilines is 1. The third-order valence-electron chi connectivity index (χ3n) is 5.51. The van der Waals surface area contributed by atoms with E-state index in [-0.39, 0.29) is 23.9 Å². The zero-order chi connectivity index (χ0) is 25.8. The van der Waals surface area contributed by atoms with Crippen LogP contribution in [0.4, 0.5) is 10.1 Å². The van der Waals surface area contributed by atoms with Gasteiger partial charge in [-0.25, -0.2) is 13.9 Å². The van der Waals surface area contributed by atoms with E-state index >= 15 is 0 Å². The van der Waals surface area contributed by atoms with Gasteiger partial charge < -0.3 is 19.2 Å². The second-order valence-electron chi connectivity index (χ2n) is 7.98. The van der Waals surface area contributed by atoms with Crippen molar-refractivity contribution >= 4 is 17.6 Å². The summed E-state index contributed by atoms with van der Waals surface area (Å²) in [6, 6.07) is 17.4. The lowest BCUT2D eigenvalue weighted by molar-refractivity contribution is -0.123. The molecule has 1 amide bonds. The van der Waals surface area contributed by atoms with Crippen LogP contribution in [0.3, 0.4) is 0 Å². The van der Waals surface area contributed by atoms with Crippen LogP contribution in [0.1, 0.15) is 28.9 Å². The highest BCUT2D eigenvalue weighted by molar-refractivity contribution is 5.97. The first kappa shape index (κ1) is 24.5. The van der Waals surface area contributed by atoms with Gasteiger partial charge in [-0.05, 0) is 62.4 Å². The molecule has 0 aliphatic heterocycles. The van der Waals surface area contributed by atoms with Gasteiger partial charge in [0.1, 0.15) is 29.6 Å². The predicted octanol–water partition coefficient (Wildman–Crippen LogP) is 3.98. The maximum absolute atomic E-state index is 13.0. The van der Waals surface area contributed by atoms with Crippen molar-refractivity contribution in [3.05, 3.63) is 100 Å². The van der Waals surface area contributed by atoms with E-state index in [0.29, 0.717) is 22.9 Å². The molecule has 0 aliphatic rings. The molecular weight excluding hydrogens is 469 g/mol. The molecule has 4 rings (SSSR count). The molecule has 0 saturated carbocycles. The summed E-state index contributed by atoms with van der Waals surface area (Å²) < 4.78 is 32.2. The summed E-state index contributed by atoms with van der Waals surface area (Å²) in [5, 5.41) is 2.57. The summed E-state index contributed by atoms with van der Waals surface area (Å²) in [4.78, 5) is 38.1. The van der Waals surface area contributed by atoms with Gasteiger partial charge in [0.25, 0.3) is 11.5 Å². The van der Waals surface area contributed by atoms with Crippen molar-refractivity contribution in [1.29, 1.82) is 0 Å². The molecule has 1 atom stereocenters. The number of amides is 1. The van der Waals surface area contributed by atoms with Gasteiger partial charge in [-0.2, -0.15) is 0 Å². The molecule has 9 nitrogen and oxygen atoms in total. The Morgan fingerprint density at radius 2 is 1.75 bits per heavy atom. The first-order valence-corrected chi connectivity index (χ1v) is 11.1. The summed E-state index contributed by atoms with van der Waals surface area (Å²) in [6.07, 6.45) is -1.20. The van der Waals surface area contributed by atoms with Gasteiger partial charge in [-0.1, -0.05) is 18.2 Å². The van der Waals surface area contributed by atoms with Crippen molar-refractivity contribution in [2.24, 2.45) is 7.05 Å². The highest BCUT2D eigenvalue weighted by Gasteiger charge is 2.25. The molecule has 2 heterocycles. The standard InChI is InChI=1S/C26H24FN3O6/c1-16-23(25(32)30(29(16)3)19-7-5-4-6-8-19)28-24(31)17(2)35-26(33)22-14-13-21(36-22)15-34-20-11-9-18(27)10-12-20/h4-14,17H,15H2,1-3H3,(H,28,31). The number of halogens is 1. The Morgan fingerprint density at radius 3 is 2.44 bits per heavy atom. The smallest absolute Gasteiger partial charge is 0.375 e. The highest BCUT2D eigenvalue weighted by Crippen LogP contribution is 2.17. The summed E-state index contributed by atoms with van der Waals surface area (Å²) in [7, 11) is 1.71. The lowest BCUT2D eigenvalue weighted by Gasteiger charge is -2.12. The number of nitrogens with zero attached hydrogens (tertiary/aromatic N) is 2. The van der Waals surface area contributed by atoms with E-state index in [9.17, 15) is 18.8 Å². The van der Waals surface area contributed by atoms with E-state index in [1.807, 2.05) is 6.07 Å². The first-order valence-electron chi connectivity index (χ1n) is 11.1. The van der Waals surface area contributed by atoms with Crippen molar-refractivity contribution in [1.82, 2.24) is 9.36 Å². The minimum Gasteiger partial charge on any atom is -0.486 e. The molecule has 0 fully saturated rings. The second kappa shape index (κ2) is 10.3. The molecule has 0 spiro atoms. The minimum atomic E-state index is -1.20. The average molecular weight is 493 g/mol. The van der Waals surface area contributed by atoms with Crippen molar-refractivity contribution in [3.63, 3.8) is 0 Å². The molecule has 186 valence electrons. The Balaban J connectivity index is 1.38. The van der Waals surface area contributed by atoms with Gasteiger partial charge in [-0.3, -0.25) is 14.3 Å². The van der Waals surface area contributed by atoms with Crippen molar-refractivity contribution < 1.29 is 27.9 Å². The van der Waals surface area contributed by atoms with Gasteiger partial charge in [0.05, 0.1) is 11.4 Å². The number of rotatable bonds is 8. The number of benzene rings is 2. The summed E-state index contributed by atoms with van der Waals surface area (Å²) >= 11 is 0. The molecule has 1 N–H and O–H groups in total. The highest BCUT2D eigenvalue weighted by atomic mass is 19.1. The number of hydrogen-bond donors (Lipinski definition) is 1. The number of ether oxygens (including phenoxy) is 2. The molecule has 2 aromatic carbocycles. The Bertz CT molecular complexity index is 1440. The molecule has 0 aliphatic carbocycles. The lowest BCUT2D eigenvalue weighted by atomic mass is 10.3. The fourth-order valence-corrected chi connectivity index (χ4v) is 3.46. The van der Waals surface area contributed by atoms with Crippen LogP contribution in [-0.4, -0.2) is 27.3 Å². The third-order valence-corrected chi connectivity index (χ3v) is 5.51. The Hall–Kier alpha value is -4.60. The molecule has 10 heteroatoms. The number of nitrogens with one attached hydrogen (secondary N) is 1. The van der Waals surface area contributed by atoms with E-state index in [4.69, 9.17) is 13.9 Å². The summed E-state index contributed by atoms with van der Waals surface area (Å²) in [6.45, 7) is 3.10. The zero-order valence-corrected chi connectivity index (χ0v) is 19.9. The lowest BCUT2D eigenvalue weighted by Crippen LogP contribution is -2.32. The van der Waals surface area contributed by atoms with E-state index in [0.717, 1.165) is 0 Å². The maximum Gasteiger partial charge on any atom is 0.375 e. The van der Waals surface area contributed by atoms with E-state index < -0.39 is 23.5 Å². The molecular formula is C26H24FN3O6. The van der Waals surface area contributed by atoms with Gasteiger partial charge in [0.2, 0.25) is 5.76 Å². The largest absolute Gasteiger partial charge is 0.486 e. The predicted molar refractivity (Wildman–Crippen MR) is 129 cm³/mol. The van der Waals surface area contributed by atoms with Crippen LogP contribution >= 0.6 is 0 Å². The molecule has 0 radical (unpaired) electrons. The molecule has 4 aromatic rings. The SMILES string of the molecule is Cc1c(NC(=O)C(C)OC(=O)c2ccc(COc3ccc(F)cc3)o2)c(=O)n(-c2ccccc2)n1C. The number of para-hydroxylation sites is 1. The van der Waals surface area contributed by atoms with Crippen LogP contribution in [-0.2, 0) is 23.2 Å². The van der Waals surface area contributed by atoms with Crippen LogP contribution in [0.2, 0.25) is 0 Å². The van der Waals surface area contributed by atoms with Gasteiger partial charge >= 0.3 is 5.97 Å². The third kappa shape index (κ3) is 5.22. The molecule has 2 aromatic heterocycles. The Kier molecular flexibility index (Phi) is 7.05. The number of hydrogen-bond acceptors (Lipinski definition) is 6. The minimum absolute atomic E-state index is 0.00985. The number of esters is 1. The molecule has 36 heavy (non-hydrogen) atoms. The van der Waals surface area contributed by atoms with E-state index in [1.54, 1.807) is 42.9 Å². The van der Waals surface area contributed by atoms with Crippen molar-refractivity contribution in [2.45, 2.75) is 26.6 Å². The van der Waals surface area contributed by atoms with Crippen LogP contribution in [0.25, 0.3) is 5.69 Å². The molecule has 0 saturated heterocycles.